The fraction of sp³-hybridized carbons (Fsp3) is 0.176. The van der Waals surface area contributed by atoms with Gasteiger partial charge in [0.05, 0.1) is 5.71 Å². The summed E-state index contributed by atoms with van der Waals surface area (Å²) >= 11 is 3.34. The molecule has 0 heterocycles. The van der Waals surface area contributed by atoms with Crippen LogP contribution in [0.15, 0.2) is 64.2 Å². The van der Waals surface area contributed by atoms with E-state index in [2.05, 4.69) is 26.5 Å². The van der Waals surface area contributed by atoms with Crippen molar-refractivity contribution in [1.82, 2.24) is 5.43 Å². The van der Waals surface area contributed by atoms with Crippen LogP contribution in [-0.4, -0.2) is 18.2 Å². The summed E-state index contributed by atoms with van der Waals surface area (Å²) in [5.74, 6) is 0.353. The number of halogens is 1. The highest BCUT2D eigenvalue weighted by molar-refractivity contribution is 9.10. The number of carbonyl (C=O) groups is 1. The summed E-state index contributed by atoms with van der Waals surface area (Å²) in [7, 11) is 0. The van der Waals surface area contributed by atoms with E-state index in [1.165, 1.54) is 0 Å². The Balaban J connectivity index is 1.88. The molecule has 114 valence electrons. The van der Waals surface area contributed by atoms with Crippen LogP contribution in [0.5, 0.6) is 5.75 Å². The van der Waals surface area contributed by atoms with Gasteiger partial charge in [0.25, 0.3) is 5.91 Å². The number of amides is 1. The van der Waals surface area contributed by atoms with Gasteiger partial charge in [-0.2, -0.15) is 5.10 Å². The molecule has 0 spiro atoms. The van der Waals surface area contributed by atoms with Crippen LogP contribution < -0.4 is 10.2 Å². The van der Waals surface area contributed by atoms with Gasteiger partial charge >= 0.3 is 0 Å². The number of hydrogen-bond acceptors (Lipinski definition) is 3. The molecule has 0 aliphatic heterocycles. The first-order chi connectivity index (χ1) is 10.7. The topological polar surface area (TPSA) is 50.7 Å². The molecule has 0 aromatic heterocycles. The summed E-state index contributed by atoms with van der Waals surface area (Å²) in [6.07, 6.45) is 0.734. The van der Waals surface area contributed by atoms with Crippen LogP contribution in [0.25, 0.3) is 0 Å². The average molecular weight is 361 g/mol. The highest BCUT2D eigenvalue weighted by Gasteiger charge is 2.04. The van der Waals surface area contributed by atoms with E-state index in [0.29, 0.717) is 5.75 Å². The van der Waals surface area contributed by atoms with Gasteiger partial charge in [0.15, 0.2) is 6.61 Å². The SMILES string of the molecule is CC/C(=N\NC(=O)COc1ccc(Br)cc1)c1ccccc1. The number of ether oxygens (including phenoxy) is 1. The maximum Gasteiger partial charge on any atom is 0.277 e. The van der Waals surface area contributed by atoms with Gasteiger partial charge in [0.1, 0.15) is 5.75 Å². The molecule has 2 aromatic rings. The lowest BCUT2D eigenvalue weighted by atomic mass is 10.1. The van der Waals surface area contributed by atoms with Crippen molar-refractivity contribution in [3.8, 4) is 5.75 Å². The first kappa shape index (κ1) is 16.2. The highest BCUT2D eigenvalue weighted by Crippen LogP contribution is 2.15. The van der Waals surface area contributed by atoms with Crippen LogP contribution in [0.1, 0.15) is 18.9 Å². The monoisotopic (exact) mass is 360 g/mol. The second kappa shape index (κ2) is 8.34. The Hall–Kier alpha value is -2.14. The van der Waals surface area contributed by atoms with Crippen LogP contribution in [0.2, 0.25) is 0 Å². The van der Waals surface area contributed by atoms with Crippen LogP contribution in [-0.2, 0) is 4.79 Å². The van der Waals surface area contributed by atoms with Gasteiger partial charge in [-0.25, -0.2) is 5.43 Å². The molecule has 0 saturated carbocycles. The Kier molecular flexibility index (Phi) is 6.15. The smallest absolute Gasteiger partial charge is 0.277 e. The van der Waals surface area contributed by atoms with E-state index in [-0.39, 0.29) is 12.5 Å². The second-order valence-electron chi connectivity index (χ2n) is 4.56. The zero-order valence-electron chi connectivity index (χ0n) is 12.3. The van der Waals surface area contributed by atoms with E-state index in [0.717, 1.165) is 22.2 Å². The molecular formula is C17H17BrN2O2. The Bertz CT molecular complexity index is 639. The number of hydrogen-bond donors (Lipinski definition) is 1. The lowest BCUT2D eigenvalue weighted by Crippen LogP contribution is -2.26. The Morgan fingerprint density at radius 1 is 1.14 bits per heavy atom. The molecule has 0 atom stereocenters. The molecule has 2 rings (SSSR count). The molecule has 22 heavy (non-hydrogen) atoms. The number of nitrogens with zero attached hydrogens (tertiary/aromatic N) is 1. The van der Waals surface area contributed by atoms with Crippen molar-refractivity contribution >= 4 is 27.5 Å². The summed E-state index contributed by atoms with van der Waals surface area (Å²) in [4.78, 5) is 11.8. The lowest BCUT2D eigenvalue weighted by molar-refractivity contribution is -0.123. The zero-order chi connectivity index (χ0) is 15.8. The van der Waals surface area contributed by atoms with Crippen LogP contribution >= 0.6 is 15.9 Å². The molecule has 2 aromatic carbocycles. The largest absolute Gasteiger partial charge is 0.484 e. The van der Waals surface area contributed by atoms with E-state index in [9.17, 15) is 4.79 Å². The van der Waals surface area contributed by atoms with Crippen molar-refractivity contribution in [1.29, 1.82) is 0 Å². The number of benzene rings is 2. The van der Waals surface area contributed by atoms with Gasteiger partial charge in [-0.1, -0.05) is 53.2 Å². The molecule has 0 fully saturated rings. The molecule has 5 heteroatoms. The van der Waals surface area contributed by atoms with Crippen LogP contribution in [0.3, 0.4) is 0 Å². The number of rotatable bonds is 6. The standard InChI is InChI=1S/C17H17BrN2O2/c1-2-16(13-6-4-3-5-7-13)19-20-17(21)12-22-15-10-8-14(18)9-11-15/h3-11H,2,12H2,1H3,(H,20,21)/b19-16+. The minimum Gasteiger partial charge on any atom is -0.484 e. The van der Waals surface area contributed by atoms with Crippen molar-refractivity contribution in [2.24, 2.45) is 5.10 Å². The third kappa shape index (κ3) is 5.00. The molecule has 1 N–H and O–H groups in total. The van der Waals surface area contributed by atoms with Crippen LogP contribution in [0.4, 0.5) is 0 Å². The van der Waals surface area contributed by atoms with Crippen LogP contribution in [0, 0.1) is 0 Å². The summed E-state index contributed by atoms with van der Waals surface area (Å²) in [5, 5.41) is 4.17. The van der Waals surface area contributed by atoms with E-state index >= 15 is 0 Å². The highest BCUT2D eigenvalue weighted by atomic mass is 79.9. The average Bonchev–Trinajstić information content (AvgIpc) is 2.56. The van der Waals surface area contributed by atoms with Gasteiger partial charge in [-0.05, 0) is 36.2 Å². The first-order valence-corrected chi connectivity index (χ1v) is 7.77. The third-order valence-electron chi connectivity index (χ3n) is 2.94. The van der Waals surface area contributed by atoms with Gasteiger partial charge < -0.3 is 4.74 Å². The Labute approximate surface area is 138 Å². The normalized spacial score (nSPS) is 11.1. The van der Waals surface area contributed by atoms with Gasteiger partial charge in [0.2, 0.25) is 0 Å². The van der Waals surface area contributed by atoms with Gasteiger partial charge in [0, 0.05) is 4.47 Å². The van der Waals surface area contributed by atoms with Gasteiger partial charge in [-0.15, -0.1) is 0 Å². The lowest BCUT2D eigenvalue weighted by Gasteiger charge is -2.07. The van der Waals surface area contributed by atoms with E-state index in [1.54, 1.807) is 12.1 Å². The molecule has 0 aliphatic rings. The van der Waals surface area contributed by atoms with Crippen molar-refractivity contribution in [3.05, 3.63) is 64.6 Å². The first-order valence-electron chi connectivity index (χ1n) is 6.98. The zero-order valence-corrected chi connectivity index (χ0v) is 13.8. The fourth-order valence-electron chi connectivity index (χ4n) is 1.82. The predicted molar refractivity (Wildman–Crippen MR) is 91.0 cm³/mol. The van der Waals surface area contributed by atoms with Crippen molar-refractivity contribution in [2.75, 3.05) is 6.61 Å². The number of carbonyl (C=O) groups excluding carboxylic acids is 1. The molecular weight excluding hydrogens is 344 g/mol. The summed E-state index contributed by atoms with van der Waals surface area (Å²) in [6.45, 7) is 1.92. The van der Waals surface area contributed by atoms with E-state index < -0.39 is 0 Å². The maximum atomic E-state index is 11.8. The van der Waals surface area contributed by atoms with Crippen molar-refractivity contribution < 1.29 is 9.53 Å². The Morgan fingerprint density at radius 3 is 2.45 bits per heavy atom. The summed E-state index contributed by atoms with van der Waals surface area (Å²) in [5.41, 5.74) is 4.36. The molecule has 0 unspecified atom stereocenters. The second-order valence-corrected chi connectivity index (χ2v) is 5.47. The quantitative estimate of drug-likeness (QED) is 0.629. The summed E-state index contributed by atoms with van der Waals surface area (Å²) in [6, 6.07) is 17.1. The third-order valence-corrected chi connectivity index (χ3v) is 3.47. The molecule has 0 radical (unpaired) electrons. The predicted octanol–water partition coefficient (Wildman–Crippen LogP) is 3.76. The van der Waals surface area contributed by atoms with E-state index in [4.69, 9.17) is 4.74 Å². The molecule has 0 saturated heterocycles. The summed E-state index contributed by atoms with van der Waals surface area (Å²) < 4.78 is 6.35. The number of nitrogens with one attached hydrogen (secondary N) is 1. The maximum absolute atomic E-state index is 11.8. The number of hydrazone groups is 1. The van der Waals surface area contributed by atoms with E-state index in [1.807, 2.05) is 49.4 Å². The van der Waals surface area contributed by atoms with Crippen molar-refractivity contribution in [3.63, 3.8) is 0 Å². The fourth-order valence-corrected chi connectivity index (χ4v) is 2.08. The van der Waals surface area contributed by atoms with Gasteiger partial charge in [-0.3, -0.25) is 4.79 Å². The minimum absolute atomic E-state index is 0.0725. The minimum atomic E-state index is -0.287. The van der Waals surface area contributed by atoms with Crippen molar-refractivity contribution in [2.45, 2.75) is 13.3 Å². The molecule has 0 aliphatic carbocycles. The molecule has 1 amide bonds. The molecule has 4 nitrogen and oxygen atoms in total. The Morgan fingerprint density at radius 2 is 1.82 bits per heavy atom. The molecule has 0 bridgehead atoms.